The van der Waals surface area contributed by atoms with Crippen LogP contribution in [0.25, 0.3) is 11.5 Å². The maximum absolute atomic E-state index is 12.2. The Morgan fingerprint density at radius 3 is 2.48 bits per heavy atom. The van der Waals surface area contributed by atoms with E-state index in [1.54, 1.807) is 36.7 Å². The van der Waals surface area contributed by atoms with Crippen LogP contribution >= 0.6 is 0 Å². The molecular weight excluding hydrogens is 344 g/mol. The summed E-state index contributed by atoms with van der Waals surface area (Å²) in [5.41, 5.74) is 0.757. The minimum absolute atomic E-state index is 0.145. The predicted octanol–water partition coefficient (Wildman–Crippen LogP) is 1.66. The number of methoxy groups -OCH3 is 1. The number of pyridine rings is 1. The molecule has 1 N–H and O–H groups in total. The van der Waals surface area contributed by atoms with E-state index in [-0.39, 0.29) is 17.9 Å². The van der Waals surface area contributed by atoms with E-state index in [1.807, 2.05) is 0 Å². The molecule has 0 atom stereocenters. The molecule has 0 saturated carbocycles. The van der Waals surface area contributed by atoms with Crippen LogP contribution in [0, 0.1) is 0 Å². The summed E-state index contributed by atoms with van der Waals surface area (Å²) in [5.74, 6) is 1.31. The maximum Gasteiger partial charge on any atom is 0.247 e. The molecule has 3 rings (SSSR count). The van der Waals surface area contributed by atoms with Crippen LogP contribution < -0.4 is 9.46 Å². The first-order valence-electron chi connectivity index (χ1n) is 7.45. The molecule has 1 aromatic carbocycles. The van der Waals surface area contributed by atoms with Crippen LogP contribution in [0.3, 0.4) is 0 Å². The topological polar surface area (TPSA) is 107 Å². The monoisotopic (exact) mass is 360 g/mol. The van der Waals surface area contributed by atoms with E-state index in [2.05, 4.69) is 19.9 Å². The Morgan fingerprint density at radius 1 is 1.08 bits per heavy atom. The molecule has 8 nitrogen and oxygen atoms in total. The van der Waals surface area contributed by atoms with Gasteiger partial charge in [0.25, 0.3) is 0 Å². The third-order valence-corrected chi connectivity index (χ3v) is 4.87. The van der Waals surface area contributed by atoms with E-state index >= 15 is 0 Å². The lowest BCUT2D eigenvalue weighted by Gasteiger charge is -2.06. The number of nitrogens with zero attached hydrogens (tertiary/aromatic N) is 3. The largest absolute Gasteiger partial charge is 0.497 e. The Bertz CT molecular complexity index is 924. The molecule has 0 aliphatic heterocycles. The van der Waals surface area contributed by atoms with Gasteiger partial charge < -0.3 is 9.15 Å². The van der Waals surface area contributed by atoms with Gasteiger partial charge >= 0.3 is 0 Å². The van der Waals surface area contributed by atoms with Gasteiger partial charge in [-0.3, -0.25) is 4.98 Å². The Labute approximate surface area is 144 Å². The zero-order valence-electron chi connectivity index (χ0n) is 13.4. The molecular formula is C16H16N4O4S. The second kappa shape index (κ2) is 7.41. The van der Waals surface area contributed by atoms with E-state index in [1.165, 1.54) is 19.2 Å². The summed E-state index contributed by atoms with van der Waals surface area (Å²) in [6.45, 7) is 0.145. The quantitative estimate of drug-likeness (QED) is 0.683. The minimum atomic E-state index is -3.60. The molecule has 130 valence electrons. The first kappa shape index (κ1) is 17.1. The van der Waals surface area contributed by atoms with Gasteiger partial charge in [0.1, 0.15) is 5.75 Å². The Morgan fingerprint density at radius 2 is 1.80 bits per heavy atom. The SMILES string of the molecule is COc1ccc(S(=O)(=O)NCCc2nnc(-c3ccncc3)o2)cc1. The van der Waals surface area contributed by atoms with E-state index in [9.17, 15) is 8.42 Å². The van der Waals surface area contributed by atoms with Gasteiger partial charge in [0.2, 0.25) is 21.8 Å². The average Bonchev–Trinajstić information content (AvgIpc) is 3.11. The maximum atomic E-state index is 12.2. The van der Waals surface area contributed by atoms with Crippen molar-refractivity contribution in [2.75, 3.05) is 13.7 Å². The number of ether oxygens (including phenoxy) is 1. The summed E-state index contributed by atoms with van der Waals surface area (Å²) in [6.07, 6.45) is 3.54. The summed E-state index contributed by atoms with van der Waals surface area (Å²) in [5, 5.41) is 7.86. The van der Waals surface area contributed by atoms with Crippen LogP contribution in [0.5, 0.6) is 5.75 Å². The van der Waals surface area contributed by atoms with Gasteiger partial charge in [0.15, 0.2) is 0 Å². The van der Waals surface area contributed by atoms with Crippen LogP contribution in [0.15, 0.2) is 58.1 Å². The molecule has 25 heavy (non-hydrogen) atoms. The standard InChI is InChI=1S/C16H16N4O4S/c1-23-13-2-4-14(5-3-13)25(21,22)18-11-8-15-19-20-16(24-15)12-6-9-17-10-7-12/h2-7,9-10,18H,8,11H2,1H3. The fourth-order valence-corrected chi connectivity index (χ4v) is 3.13. The number of benzene rings is 1. The Balaban J connectivity index is 1.59. The van der Waals surface area contributed by atoms with Gasteiger partial charge in [-0.15, -0.1) is 10.2 Å². The zero-order valence-corrected chi connectivity index (χ0v) is 14.2. The Kier molecular flexibility index (Phi) is 5.05. The molecule has 0 spiro atoms. The lowest BCUT2D eigenvalue weighted by Crippen LogP contribution is -2.26. The molecule has 0 bridgehead atoms. The summed E-state index contributed by atoms with van der Waals surface area (Å²) >= 11 is 0. The van der Waals surface area contributed by atoms with Crippen molar-refractivity contribution in [3.8, 4) is 17.2 Å². The molecule has 0 amide bonds. The average molecular weight is 360 g/mol. The molecule has 9 heteroatoms. The van der Waals surface area contributed by atoms with Gasteiger partial charge in [-0.1, -0.05) is 0 Å². The number of sulfonamides is 1. The molecule has 0 aliphatic carbocycles. The van der Waals surface area contributed by atoms with Crippen LogP contribution in [-0.4, -0.2) is 37.3 Å². The van der Waals surface area contributed by atoms with Crippen molar-refractivity contribution in [2.45, 2.75) is 11.3 Å². The van der Waals surface area contributed by atoms with Crippen LogP contribution in [0.1, 0.15) is 5.89 Å². The fraction of sp³-hybridized carbons (Fsp3) is 0.188. The van der Waals surface area contributed by atoms with E-state index in [0.717, 1.165) is 5.56 Å². The first-order valence-corrected chi connectivity index (χ1v) is 8.93. The Hall–Kier alpha value is -2.78. The predicted molar refractivity (Wildman–Crippen MR) is 89.4 cm³/mol. The molecule has 0 radical (unpaired) electrons. The number of hydrogen-bond acceptors (Lipinski definition) is 7. The summed E-state index contributed by atoms with van der Waals surface area (Å²) in [4.78, 5) is 4.08. The number of hydrogen-bond donors (Lipinski definition) is 1. The molecule has 0 aliphatic rings. The molecule has 2 aromatic heterocycles. The summed E-state index contributed by atoms with van der Waals surface area (Å²) in [7, 11) is -2.08. The third-order valence-electron chi connectivity index (χ3n) is 3.39. The second-order valence-electron chi connectivity index (χ2n) is 5.06. The molecule has 0 saturated heterocycles. The van der Waals surface area contributed by atoms with Crippen molar-refractivity contribution < 1.29 is 17.6 Å². The highest BCUT2D eigenvalue weighted by Gasteiger charge is 2.14. The molecule has 0 fully saturated rings. The van der Waals surface area contributed by atoms with Crippen molar-refractivity contribution in [1.82, 2.24) is 19.9 Å². The summed E-state index contributed by atoms with van der Waals surface area (Å²) < 4.78 is 37.5. The van der Waals surface area contributed by atoms with Gasteiger partial charge in [0.05, 0.1) is 12.0 Å². The highest BCUT2D eigenvalue weighted by atomic mass is 32.2. The molecule has 3 aromatic rings. The highest BCUT2D eigenvalue weighted by molar-refractivity contribution is 7.89. The normalized spacial score (nSPS) is 11.4. The molecule has 0 unspecified atom stereocenters. The fourth-order valence-electron chi connectivity index (χ4n) is 2.10. The lowest BCUT2D eigenvalue weighted by atomic mass is 10.3. The van der Waals surface area contributed by atoms with Crippen molar-refractivity contribution >= 4 is 10.0 Å². The van der Waals surface area contributed by atoms with Crippen molar-refractivity contribution in [3.63, 3.8) is 0 Å². The first-order chi connectivity index (χ1) is 12.1. The second-order valence-corrected chi connectivity index (χ2v) is 6.83. The van der Waals surface area contributed by atoms with Crippen LogP contribution in [0.4, 0.5) is 0 Å². The smallest absolute Gasteiger partial charge is 0.247 e. The number of aromatic nitrogens is 3. The third kappa shape index (κ3) is 4.20. The highest BCUT2D eigenvalue weighted by Crippen LogP contribution is 2.17. The number of rotatable bonds is 7. The lowest BCUT2D eigenvalue weighted by molar-refractivity contribution is 0.414. The zero-order chi connectivity index (χ0) is 17.7. The van der Waals surface area contributed by atoms with Crippen molar-refractivity contribution in [1.29, 1.82) is 0 Å². The van der Waals surface area contributed by atoms with E-state index in [4.69, 9.17) is 9.15 Å². The number of nitrogens with one attached hydrogen (secondary N) is 1. The van der Waals surface area contributed by atoms with Crippen molar-refractivity contribution in [2.24, 2.45) is 0 Å². The van der Waals surface area contributed by atoms with Gasteiger partial charge in [-0.25, -0.2) is 13.1 Å². The van der Waals surface area contributed by atoms with E-state index < -0.39 is 10.0 Å². The van der Waals surface area contributed by atoms with Gasteiger partial charge in [0, 0.05) is 30.9 Å². The van der Waals surface area contributed by atoms with Crippen molar-refractivity contribution in [3.05, 3.63) is 54.7 Å². The summed E-state index contributed by atoms with van der Waals surface area (Å²) in [6, 6.07) is 9.65. The van der Waals surface area contributed by atoms with Gasteiger partial charge in [-0.2, -0.15) is 0 Å². The molecule has 2 heterocycles. The van der Waals surface area contributed by atoms with Gasteiger partial charge in [-0.05, 0) is 36.4 Å². The van der Waals surface area contributed by atoms with Crippen LogP contribution in [0.2, 0.25) is 0 Å². The minimum Gasteiger partial charge on any atom is -0.497 e. The van der Waals surface area contributed by atoms with Crippen LogP contribution in [-0.2, 0) is 16.4 Å². The van der Waals surface area contributed by atoms with E-state index in [0.29, 0.717) is 17.5 Å².